The Balaban J connectivity index is 5.27. The first kappa shape index (κ1) is 84.5. The highest BCUT2D eigenvalue weighted by molar-refractivity contribution is 7.47. The first-order valence-electron chi connectivity index (χ1n) is 34.8. The molecule has 0 saturated heterocycles. The summed E-state index contributed by atoms with van der Waals surface area (Å²) in [5.74, 6) is -0.727. The molecule has 17 nitrogen and oxygen atoms in total. The van der Waals surface area contributed by atoms with Gasteiger partial charge in [0.25, 0.3) is 0 Å². The Hall–Kier alpha value is -2.46. The van der Waals surface area contributed by atoms with Crippen LogP contribution in [-0.4, -0.2) is 96.7 Å². The van der Waals surface area contributed by atoms with E-state index in [1.54, 1.807) is 0 Å². The van der Waals surface area contributed by atoms with E-state index in [9.17, 15) is 43.2 Å². The second-order valence-electron chi connectivity index (χ2n) is 24.8. The van der Waals surface area contributed by atoms with Crippen LogP contribution in [0, 0.1) is 11.8 Å². The van der Waals surface area contributed by atoms with Gasteiger partial charge in [0.15, 0.2) is 12.2 Å². The van der Waals surface area contributed by atoms with E-state index >= 15 is 0 Å². The molecule has 0 spiro atoms. The van der Waals surface area contributed by atoms with E-state index < -0.39 is 97.5 Å². The van der Waals surface area contributed by atoms with Crippen LogP contribution in [0.25, 0.3) is 0 Å². The molecule has 0 aliphatic rings. The van der Waals surface area contributed by atoms with Crippen LogP contribution < -0.4 is 0 Å². The Kier molecular flexibility index (Phi) is 58.1. The van der Waals surface area contributed by atoms with Crippen molar-refractivity contribution in [3.63, 3.8) is 0 Å². The van der Waals surface area contributed by atoms with Gasteiger partial charge < -0.3 is 33.8 Å². The van der Waals surface area contributed by atoms with E-state index in [2.05, 4.69) is 65.8 Å². The first-order valence-corrected chi connectivity index (χ1v) is 37.8. The Morgan fingerprint density at radius 2 is 0.621 bits per heavy atom. The van der Waals surface area contributed by atoms with Crippen molar-refractivity contribution in [1.82, 2.24) is 0 Å². The van der Waals surface area contributed by atoms with E-state index in [1.807, 2.05) is 0 Å². The standard InChI is InChI=1S/C68H128O17P2/c1-7-9-11-13-15-17-18-19-20-21-24-29-33-40-46-52-67(72)84-63(56-79-66(71)51-45-39-32-28-25-22-23-27-30-36-42-48-60(3)4)58-82-86(74,75)80-54-62(69)55-81-87(76,77)83-59-64(85-68(73)53-47-41-35-34-37-43-49-61(5)6)57-78-65(70)50-44-38-31-26-16-14-12-10-8-2/h17-20,60-64,69H,7-16,21-59H2,1-6H3,(H,74,75)(H,76,77)/b18-17-,20-19-/t62-,63-,64-/m1/s1. The minimum absolute atomic E-state index is 0.0846. The average molecular weight is 1280 g/mol. The molecular formula is C68H128O17P2. The zero-order chi connectivity index (χ0) is 64.3. The van der Waals surface area contributed by atoms with Gasteiger partial charge in [-0.15, -0.1) is 0 Å². The van der Waals surface area contributed by atoms with Crippen LogP contribution in [0.2, 0.25) is 0 Å². The number of carbonyl (C=O) groups is 4. The minimum atomic E-state index is -4.96. The van der Waals surface area contributed by atoms with Crippen LogP contribution >= 0.6 is 15.6 Å². The summed E-state index contributed by atoms with van der Waals surface area (Å²) in [5.41, 5.74) is 0. The summed E-state index contributed by atoms with van der Waals surface area (Å²) >= 11 is 0. The number of hydrogen-bond donors (Lipinski definition) is 3. The number of allylic oxidation sites excluding steroid dienone is 4. The third kappa shape index (κ3) is 62.1. The molecule has 5 atom stereocenters. The molecule has 0 rings (SSSR count). The second-order valence-corrected chi connectivity index (χ2v) is 27.7. The molecule has 0 aromatic heterocycles. The summed E-state index contributed by atoms with van der Waals surface area (Å²) in [6.07, 6.45) is 46.8. The Morgan fingerprint density at radius 3 is 0.943 bits per heavy atom. The van der Waals surface area contributed by atoms with Gasteiger partial charge in [-0.05, 0) is 63.2 Å². The van der Waals surface area contributed by atoms with Gasteiger partial charge >= 0.3 is 39.5 Å². The van der Waals surface area contributed by atoms with Crippen LogP contribution in [0.3, 0.4) is 0 Å². The minimum Gasteiger partial charge on any atom is -0.462 e. The van der Waals surface area contributed by atoms with Crippen LogP contribution in [0.4, 0.5) is 0 Å². The van der Waals surface area contributed by atoms with Gasteiger partial charge in [-0.25, -0.2) is 9.13 Å². The molecule has 0 heterocycles. The monoisotopic (exact) mass is 1280 g/mol. The Labute approximate surface area is 529 Å². The van der Waals surface area contributed by atoms with Gasteiger partial charge in [0.05, 0.1) is 26.4 Å². The number of phosphoric acid groups is 2. The molecule has 0 aliphatic heterocycles. The average Bonchev–Trinajstić information content (AvgIpc) is 3.70. The molecule has 512 valence electrons. The van der Waals surface area contributed by atoms with Crippen molar-refractivity contribution < 1.29 is 80.2 Å². The lowest BCUT2D eigenvalue weighted by molar-refractivity contribution is -0.161. The maximum absolute atomic E-state index is 13.0. The highest BCUT2D eigenvalue weighted by atomic mass is 31.2. The van der Waals surface area contributed by atoms with Crippen molar-refractivity contribution in [3.05, 3.63) is 24.3 Å². The summed E-state index contributed by atoms with van der Waals surface area (Å²) in [4.78, 5) is 72.3. The zero-order valence-electron chi connectivity index (χ0n) is 55.8. The topological polar surface area (TPSA) is 237 Å². The second kappa shape index (κ2) is 59.8. The number of phosphoric ester groups is 2. The number of rotatable bonds is 65. The van der Waals surface area contributed by atoms with Crippen molar-refractivity contribution in [1.29, 1.82) is 0 Å². The molecule has 0 aliphatic carbocycles. The Bertz CT molecular complexity index is 1790. The number of aliphatic hydroxyl groups is 1. The molecule has 0 aromatic carbocycles. The predicted molar refractivity (Wildman–Crippen MR) is 349 cm³/mol. The van der Waals surface area contributed by atoms with E-state index in [4.69, 9.17) is 37.0 Å². The van der Waals surface area contributed by atoms with Gasteiger partial charge in [0.2, 0.25) is 0 Å². The number of unbranched alkanes of at least 4 members (excludes halogenated alkanes) is 32. The van der Waals surface area contributed by atoms with Crippen LogP contribution in [0.15, 0.2) is 24.3 Å². The summed E-state index contributed by atoms with van der Waals surface area (Å²) in [6, 6.07) is 0. The number of esters is 4. The fourth-order valence-corrected chi connectivity index (χ4v) is 11.3. The fourth-order valence-electron chi connectivity index (χ4n) is 9.70. The number of hydrogen-bond acceptors (Lipinski definition) is 15. The van der Waals surface area contributed by atoms with E-state index in [1.165, 1.54) is 122 Å². The van der Waals surface area contributed by atoms with Crippen LogP contribution in [0.1, 0.15) is 318 Å². The molecule has 2 unspecified atom stereocenters. The molecular weight excluding hydrogens is 1150 g/mol. The normalized spacial score (nSPS) is 14.4. The highest BCUT2D eigenvalue weighted by Gasteiger charge is 2.30. The van der Waals surface area contributed by atoms with Crippen molar-refractivity contribution in [2.75, 3.05) is 39.6 Å². The molecule has 0 saturated carbocycles. The lowest BCUT2D eigenvalue weighted by Gasteiger charge is -2.21. The quantitative estimate of drug-likeness (QED) is 0.0169. The van der Waals surface area contributed by atoms with Crippen molar-refractivity contribution in [2.24, 2.45) is 11.8 Å². The predicted octanol–water partition coefficient (Wildman–Crippen LogP) is 18.8. The zero-order valence-corrected chi connectivity index (χ0v) is 57.6. The Morgan fingerprint density at radius 1 is 0.356 bits per heavy atom. The number of ether oxygens (including phenoxy) is 4. The van der Waals surface area contributed by atoms with Crippen LogP contribution in [0.5, 0.6) is 0 Å². The van der Waals surface area contributed by atoms with Crippen LogP contribution in [-0.2, 0) is 65.4 Å². The maximum atomic E-state index is 13.0. The maximum Gasteiger partial charge on any atom is 0.472 e. The molecule has 0 radical (unpaired) electrons. The molecule has 19 heteroatoms. The van der Waals surface area contributed by atoms with Gasteiger partial charge in [-0.3, -0.25) is 37.3 Å². The summed E-state index contributed by atoms with van der Waals surface area (Å²) in [6.45, 7) is 9.35. The summed E-state index contributed by atoms with van der Waals surface area (Å²) in [7, 11) is -9.91. The lowest BCUT2D eigenvalue weighted by Crippen LogP contribution is -2.30. The molecule has 0 fully saturated rings. The summed E-state index contributed by atoms with van der Waals surface area (Å²) in [5, 5.41) is 10.6. The third-order valence-electron chi connectivity index (χ3n) is 15.1. The van der Waals surface area contributed by atoms with Gasteiger partial charge in [-0.2, -0.15) is 0 Å². The third-order valence-corrected chi connectivity index (χ3v) is 17.0. The van der Waals surface area contributed by atoms with Crippen molar-refractivity contribution in [3.8, 4) is 0 Å². The molecule has 0 aromatic rings. The van der Waals surface area contributed by atoms with Gasteiger partial charge in [-0.1, -0.05) is 265 Å². The lowest BCUT2D eigenvalue weighted by atomic mass is 10.0. The molecule has 87 heavy (non-hydrogen) atoms. The van der Waals surface area contributed by atoms with E-state index in [-0.39, 0.29) is 25.7 Å². The first-order chi connectivity index (χ1) is 41.9. The molecule has 0 bridgehead atoms. The van der Waals surface area contributed by atoms with Crippen molar-refractivity contribution in [2.45, 2.75) is 336 Å². The van der Waals surface area contributed by atoms with E-state index in [0.29, 0.717) is 31.6 Å². The number of aliphatic hydroxyl groups excluding tert-OH is 1. The van der Waals surface area contributed by atoms with Gasteiger partial charge in [0.1, 0.15) is 19.3 Å². The van der Waals surface area contributed by atoms with Crippen molar-refractivity contribution >= 4 is 39.5 Å². The summed E-state index contributed by atoms with van der Waals surface area (Å²) < 4.78 is 68.1. The molecule has 3 N–H and O–H groups in total. The highest BCUT2D eigenvalue weighted by Crippen LogP contribution is 2.45. The van der Waals surface area contributed by atoms with E-state index in [0.717, 1.165) is 109 Å². The number of carbonyl (C=O) groups excluding carboxylic acids is 4. The molecule has 0 amide bonds. The smallest absolute Gasteiger partial charge is 0.462 e. The SMILES string of the molecule is CCCCCC/C=C\C=C/CCCCCCCC(=O)O[C@H](COC(=O)CCCCCCCCCCCCCC(C)C)COP(=O)(O)OC[C@@H](O)COP(=O)(O)OC[C@@H](COC(=O)CCCCCCCCCCC)OC(=O)CCCCCCCCC(C)C. The largest absolute Gasteiger partial charge is 0.472 e. The fraction of sp³-hybridized carbons (Fsp3) is 0.882. The van der Waals surface area contributed by atoms with Gasteiger partial charge in [0, 0.05) is 25.7 Å².